The Morgan fingerprint density at radius 2 is 1.86 bits per heavy atom. The van der Waals surface area contributed by atoms with Gasteiger partial charge in [0, 0.05) is 25.9 Å². The van der Waals surface area contributed by atoms with Crippen LogP contribution in [0.5, 0.6) is 0 Å². The highest BCUT2D eigenvalue weighted by Crippen LogP contribution is 2.24. The summed E-state index contributed by atoms with van der Waals surface area (Å²) in [6.45, 7) is 1.41. The number of ether oxygens (including phenoxy) is 1. The molecule has 1 saturated heterocycles. The lowest BCUT2D eigenvalue weighted by Crippen LogP contribution is -2.30. The van der Waals surface area contributed by atoms with Crippen LogP contribution in [-0.4, -0.2) is 37.1 Å². The number of benzene rings is 2. The molecule has 0 bridgehead atoms. The van der Waals surface area contributed by atoms with Crippen LogP contribution in [0.2, 0.25) is 0 Å². The lowest BCUT2D eigenvalue weighted by atomic mass is 10.1. The zero-order chi connectivity index (χ0) is 15.4. The van der Waals surface area contributed by atoms with Crippen LogP contribution in [0, 0.1) is 0 Å². The van der Waals surface area contributed by atoms with Gasteiger partial charge in [0.05, 0.1) is 17.4 Å². The monoisotopic (exact) mass is 296 g/mol. The summed E-state index contributed by atoms with van der Waals surface area (Å²) in [7, 11) is 1.70. The zero-order valence-corrected chi connectivity index (χ0v) is 12.7. The maximum absolute atomic E-state index is 12.7. The Morgan fingerprint density at radius 3 is 2.59 bits per heavy atom. The number of carbonyl (C=O) groups excluding carboxylic acids is 1. The number of amides is 1. The molecule has 2 aromatic rings. The molecule has 1 aliphatic rings. The summed E-state index contributed by atoms with van der Waals surface area (Å²) in [5.41, 5.74) is 2.50. The fourth-order valence-corrected chi connectivity index (χ4v) is 2.73. The number of hydrogen-bond donors (Lipinski definition) is 1. The van der Waals surface area contributed by atoms with Gasteiger partial charge in [-0.05, 0) is 30.7 Å². The van der Waals surface area contributed by atoms with Crippen LogP contribution in [0.25, 0.3) is 0 Å². The average Bonchev–Trinajstić information content (AvgIpc) is 3.05. The zero-order valence-electron chi connectivity index (χ0n) is 12.7. The van der Waals surface area contributed by atoms with Crippen molar-refractivity contribution >= 4 is 17.3 Å². The first-order valence-corrected chi connectivity index (χ1v) is 7.51. The van der Waals surface area contributed by atoms with E-state index in [1.165, 1.54) is 0 Å². The topological polar surface area (TPSA) is 41.6 Å². The molecule has 1 amide bonds. The predicted molar refractivity (Wildman–Crippen MR) is 87.5 cm³/mol. The first kappa shape index (κ1) is 14.6. The number of para-hydroxylation sites is 2. The van der Waals surface area contributed by atoms with Crippen molar-refractivity contribution in [3.63, 3.8) is 0 Å². The van der Waals surface area contributed by atoms with Crippen LogP contribution in [-0.2, 0) is 4.74 Å². The van der Waals surface area contributed by atoms with E-state index in [0.29, 0.717) is 12.1 Å². The lowest BCUT2D eigenvalue weighted by Gasteiger charge is -2.19. The highest BCUT2D eigenvalue weighted by Gasteiger charge is 2.27. The van der Waals surface area contributed by atoms with Gasteiger partial charge in [-0.3, -0.25) is 4.79 Å². The highest BCUT2D eigenvalue weighted by atomic mass is 16.5. The molecular weight excluding hydrogens is 276 g/mol. The van der Waals surface area contributed by atoms with Gasteiger partial charge in [0.2, 0.25) is 0 Å². The van der Waals surface area contributed by atoms with Crippen molar-refractivity contribution in [1.29, 1.82) is 0 Å². The van der Waals surface area contributed by atoms with E-state index < -0.39 is 0 Å². The second-order valence-corrected chi connectivity index (χ2v) is 5.43. The molecule has 0 spiro atoms. The molecule has 0 radical (unpaired) electrons. The van der Waals surface area contributed by atoms with Crippen LogP contribution >= 0.6 is 0 Å². The largest absolute Gasteiger partial charge is 0.380 e. The standard InChI is InChI=1S/C18H20N2O2/c1-22-15-11-12-20(13-15)18(21)16-9-5-6-10-17(16)19-14-7-3-2-4-8-14/h2-10,15,19H,11-13H2,1H3. The molecule has 0 aliphatic carbocycles. The van der Waals surface area contributed by atoms with Crippen molar-refractivity contribution in [2.45, 2.75) is 12.5 Å². The fraction of sp³-hybridized carbons (Fsp3) is 0.278. The van der Waals surface area contributed by atoms with Crippen LogP contribution in [0.15, 0.2) is 54.6 Å². The SMILES string of the molecule is COC1CCN(C(=O)c2ccccc2Nc2ccccc2)C1. The fourth-order valence-electron chi connectivity index (χ4n) is 2.73. The van der Waals surface area contributed by atoms with Crippen LogP contribution in [0.3, 0.4) is 0 Å². The Morgan fingerprint density at radius 1 is 1.14 bits per heavy atom. The van der Waals surface area contributed by atoms with Crippen molar-refractivity contribution in [2.24, 2.45) is 0 Å². The van der Waals surface area contributed by atoms with Gasteiger partial charge in [-0.25, -0.2) is 0 Å². The van der Waals surface area contributed by atoms with Crippen molar-refractivity contribution < 1.29 is 9.53 Å². The molecule has 1 fully saturated rings. The number of hydrogen-bond acceptors (Lipinski definition) is 3. The second kappa shape index (κ2) is 6.62. The third-order valence-corrected chi connectivity index (χ3v) is 3.98. The Balaban J connectivity index is 1.80. The third kappa shape index (κ3) is 3.12. The van der Waals surface area contributed by atoms with E-state index in [1.54, 1.807) is 7.11 Å². The molecule has 3 rings (SSSR count). The van der Waals surface area contributed by atoms with Gasteiger partial charge in [-0.2, -0.15) is 0 Å². The normalized spacial score (nSPS) is 17.5. The van der Waals surface area contributed by atoms with E-state index in [4.69, 9.17) is 4.74 Å². The summed E-state index contributed by atoms with van der Waals surface area (Å²) in [6, 6.07) is 17.5. The van der Waals surface area contributed by atoms with Gasteiger partial charge in [-0.1, -0.05) is 30.3 Å². The minimum absolute atomic E-state index is 0.0542. The number of anilines is 2. The van der Waals surface area contributed by atoms with Gasteiger partial charge in [0.15, 0.2) is 0 Å². The molecule has 2 aromatic carbocycles. The Hall–Kier alpha value is -2.33. The molecule has 1 heterocycles. The summed E-state index contributed by atoms with van der Waals surface area (Å²) in [5, 5.41) is 3.32. The molecule has 4 nitrogen and oxygen atoms in total. The molecule has 1 N–H and O–H groups in total. The Labute approximate surface area is 130 Å². The van der Waals surface area contributed by atoms with E-state index >= 15 is 0 Å². The number of methoxy groups -OCH3 is 1. The average molecular weight is 296 g/mol. The van der Waals surface area contributed by atoms with Crippen LogP contribution in [0.1, 0.15) is 16.8 Å². The summed E-state index contributed by atoms with van der Waals surface area (Å²) in [4.78, 5) is 14.6. The molecule has 22 heavy (non-hydrogen) atoms. The van der Waals surface area contributed by atoms with Crippen molar-refractivity contribution in [3.05, 3.63) is 60.2 Å². The molecule has 114 valence electrons. The van der Waals surface area contributed by atoms with E-state index in [0.717, 1.165) is 24.3 Å². The van der Waals surface area contributed by atoms with Gasteiger partial charge >= 0.3 is 0 Å². The molecule has 1 aliphatic heterocycles. The number of likely N-dealkylation sites (tertiary alicyclic amines) is 1. The van der Waals surface area contributed by atoms with Gasteiger partial charge in [0.25, 0.3) is 5.91 Å². The minimum atomic E-state index is 0.0542. The predicted octanol–water partition coefficient (Wildman–Crippen LogP) is 3.29. The number of nitrogens with zero attached hydrogens (tertiary/aromatic N) is 1. The molecule has 0 saturated carbocycles. The van der Waals surface area contributed by atoms with E-state index in [-0.39, 0.29) is 12.0 Å². The van der Waals surface area contributed by atoms with Crippen molar-refractivity contribution in [2.75, 3.05) is 25.5 Å². The van der Waals surface area contributed by atoms with Crippen molar-refractivity contribution in [1.82, 2.24) is 4.90 Å². The third-order valence-electron chi connectivity index (χ3n) is 3.98. The maximum Gasteiger partial charge on any atom is 0.256 e. The molecular formula is C18H20N2O2. The lowest BCUT2D eigenvalue weighted by molar-refractivity contribution is 0.0725. The number of rotatable bonds is 4. The molecule has 1 atom stereocenters. The molecule has 4 heteroatoms. The minimum Gasteiger partial charge on any atom is -0.380 e. The molecule has 0 aromatic heterocycles. The van der Waals surface area contributed by atoms with Gasteiger partial charge in [-0.15, -0.1) is 0 Å². The summed E-state index contributed by atoms with van der Waals surface area (Å²) < 4.78 is 5.34. The Bertz CT molecular complexity index is 643. The first-order valence-electron chi connectivity index (χ1n) is 7.51. The smallest absolute Gasteiger partial charge is 0.256 e. The highest BCUT2D eigenvalue weighted by molar-refractivity contribution is 6.00. The summed E-state index contributed by atoms with van der Waals surface area (Å²) in [6.07, 6.45) is 1.05. The summed E-state index contributed by atoms with van der Waals surface area (Å²) in [5.74, 6) is 0.0542. The number of nitrogens with one attached hydrogen (secondary N) is 1. The second-order valence-electron chi connectivity index (χ2n) is 5.43. The van der Waals surface area contributed by atoms with E-state index in [9.17, 15) is 4.79 Å². The molecule has 1 unspecified atom stereocenters. The van der Waals surface area contributed by atoms with E-state index in [2.05, 4.69) is 5.32 Å². The van der Waals surface area contributed by atoms with Crippen molar-refractivity contribution in [3.8, 4) is 0 Å². The summed E-state index contributed by atoms with van der Waals surface area (Å²) >= 11 is 0. The van der Waals surface area contributed by atoms with Crippen LogP contribution < -0.4 is 5.32 Å². The number of carbonyl (C=O) groups is 1. The quantitative estimate of drug-likeness (QED) is 0.941. The first-order chi connectivity index (χ1) is 10.8. The van der Waals surface area contributed by atoms with E-state index in [1.807, 2.05) is 59.5 Å². The maximum atomic E-state index is 12.7. The van der Waals surface area contributed by atoms with Gasteiger partial charge < -0.3 is 15.0 Å². The van der Waals surface area contributed by atoms with Crippen LogP contribution in [0.4, 0.5) is 11.4 Å². The Kier molecular flexibility index (Phi) is 4.39. The van der Waals surface area contributed by atoms with Gasteiger partial charge in [0.1, 0.15) is 0 Å².